The summed E-state index contributed by atoms with van der Waals surface area (Å²) in [5.74, 6) is 0. The summed E-state index contributed by atoms with van der Waals surface area (Å²) in [7, 11) is 1.67. The first-order valence-corrected chi connectivity index (χ1v) is 7.02. The van der Waals surface area contributed by atoms with Crippen molar-refractivity contribution in [2.75, 3.05) is 26.7 Å². The Labute approximate surface area is 112 Å². The maximum Gasteiger partial charge on any atom is 0.317 e. The van der Waals surface area contributed by atoms with Crippen molar-refractivity contribution >= 4 is 17.4 Å². The van der Waals surface area contributed by atoms with Crippen LogP contribution in [-0.4, -0.2) is 47.8 Å². The van der Waals surface area contributed by atoms with Gasteiger partial charge in [0.15, 0.2) is 0 Å². The third-order valence-corrected chi connectivity index (χ3v) is 3.57. The molecule has 1 aromatic rings. The number of aliphatic hydroxyl groups is 1. The van der Waals surface area contributed by atoms with E-state index in [0.29, 0.717) is 13.1 Å². The van der Waals surface area contributed by atoms with Gasteiger partial charge in [-0.2, -0.15) is 0 Å². The van der Waals surface area contributed by atoms with E-state index in [-0.39, 0.29) is 12.6 Å². The number of carbonyl (C=O) groups is 1. The van der Waals surface area contributed by atoms with Crippen LogP contribution < -0.4 is 5.32 Å². The number of nitrogens with zero attached hydrogens (tertiary/aromatic N) is 2. The Morgan fingerprint density at radius 1 is 1.56 bits per heavy atom. The Hall–Kier alpha value is -1.14. The average molecular weight is 271 g/mol. The first kappa shape index (κ1) is 14.9. The Morgan fingerprint density at radius 3 is 2.94 bits per heavy atom. The van der Waals surface area contributed by atoms with Crippen LogP contribution in [0.25, 0.3) is 0 Å². The minimum Gasteiger partial charge on any atom is -0.395 e. The molecule has 0 spiro atoms. The lowest BCUT2D eigenvalue weighted by molar-refractivity contribution is 0.190. The molecule has 0 bridgehead atoms. The molecule has 0 aliphatic heterocycles. The van der Waals surface area contributed by atoms with E-state index in [4.69, 9.17) is 5.11 Å². The van der Waals surface area contributed by atoms with E-state index in [1.165, 1.54) is 4.90 Å². The Kier molecular flexibility index (Phi) is 6.67. The van der Waals surface area contributed by atoms with Gasteiger partial charge in [0.25, 0.3) is 0 Å². The van der Waals surface area contributed by atoms with Crippen LogP contribution in [0, 0.1) is 6.92 Å². The van der Waals surface area contributed by atoms with Crippen LogP contribution in [0.2, 0.25) is 0 Å². The summed E-state index contributed by atoms with van der Waals surface area (Å²) in [6.07, 6.45) is 2.94. The first-order chi connectivity index (χ1) is 8.63. The maximum atomic E-state index is 11.5. The lowest BCUT2D eigenvalue weighted by Crippen LogP contribution is -2.39. The fourth-order valence-electron chi connectivity index (χ4n) is 1.50. The van der Waals surface area contributed by atoms with Crippen LogP contribution in [0.1, 0.15) is 23.5 Å². The Balaban J connectivity index is 2.06. The molecule has 0 aliphatic rings. The van der Waals surface area contributed by atoms with Gasteiger partial charge in [-0.15, -0.1) is 11.3 Å². The molecule has 0 radical (unpaired) electrons. The molecule has 6 heteroatoms. The van der Waals surface area contributed by atoms with Crippen molar-refractivity contribution in [1.82, 2.24) is 15.2 Å². The minimum atomic E-state index is -0.130. The van der Waals surface area contributed by atoms with Gasteiger partial charge >= 0.3 is 6.03 Å². The molecular formula is C12H21N3O2S. The molecule has 0 unspecified atom stereocenters. The largest absolute Gasteiger partial charge is 0.395 e. The third kappa shape index (κ3) is 5.46. The Morgan fingerprint density at radius 2 is 2.33 bits per heavy atom. The van der Waals surface area contributed by atoms with Crippen LogP contribution in [0.3, 0.4) is 0 Å². The van der Waals surface area contributed by atoms with E-state index in [9.17, 15) is 4.79 Å². The van der Waals surface area contributed by atoms with Crippen molar-refractivity contribution in [3.05, 3.63) is 16.1 Å². The van der Waals surface area contributed by atoms with Gasteiger partial charge in [0.2, 0.25) is 0 Å². The highest BCUT2D eigenvalue weighted by Crippen LogP contribution is 2.11. The average Bonchev–Trinajstić information content (AvgIpc) is 2.74. The fraction of sp³-hybridized carbons (Fsp3) is 0.667. The molecular weight excluding hydrogens is 250 g/mol. The number of hydrogen-bond donors (Lipinski definition) is 2. The van der Waals surface area contributed by atoms with E-state index in [1.54, 1.807) is 18.4 Å². The van der Waals surface area contributed by atoms with E-state index < -0.39 is 0 Å². The normalized spacial score (nSPS) is 10.4. The molecule has 0 fully saturated rings. The quantitative estimate of drug-likeness (QED) is 0.737. The molecule has 1 aromatic heterocycles. The lowest BCUT2D eigenvalue weighted by atomic mass is 10.2. The summed E-state index contributed by atoms with van der Waals surface area (Å²) in [5, 5.41) is 14.7. The van der Waals surface area contributed by atoms with Crippen LogP contribution in [-0.2, 0) is 6.42 Å². The molecule has 18 heavy (non-hydrogen) atoms. The number of aryl methyl sites for hydroxylation is 2. The summed E-state index contributed by atoms with van der Waals surface area (Å²) in [5.41, 5.74) is 1.08. The summed E-state index contributed by atoms with van der Waals surface area (Å²) in [4.78, 5) is 17.3. The molecule has 0 aromatic carbocycles. The van der Waals surface area contributed by atoms with Crippen LogP contribution >= 0.6 is 11.3 Å². The number of urea groups is 1. The van der Waals surface area contributed by atoms with Crippen molar-refractivity contribution in [3.63, 3.8) is 0 Å². The SMILES string of the molecule is Cc1csc(CCCCNC(=O)N(C)CCO)n1. The maximum absolute atomic E-state index is 11.5. The number of thiazole rings is 1. The zero-order valence-corrected chi connectivity index (χ0v) is 11.8. The van der Waals surface area contributed by atoms with Gasteiger partial charge in [-0.05, 0) is 26.2 Å². The number of likely N-dealkylation sites (N-methyl/N-ethyl adjacent to an activating group) is 1. The van der Waals surface area contributed by atoms with Crippen LogP contribution in [0.5, 0.6) is 0 Å². The van der Waals surface area contributed by atoms with Gasteiger partial charge in [0.1, 0.15) is 0 Å². The zero-order chi connectivity index (χ0) is 13.4. The van der Waals surface area contributed by atoms with Gasteiger partial charge in [-0.25, -0.2) is 9.78 Å². The summed E-state index contributed by atoms with van der Waals surface area (Å²) < 4.78 is 0. The molecule has 0 atom stereocenters. The molecule has 0 saturated heterocycles. The molecule has 0 saturated carbocycles. The number of aromatic nitrogens is 1. The zero-order valence-electron chi connectivity index (χ0n) is 11.0. The smallest absolute Gasteiger partial charge is 0.317 e. The van der Waals surface area contributed by atoms with Gasteiger partial charge in [-0.1, -0.05) is 0 Å². The summed E-state index contributed by atoms with van der Waals surface area (Å²) in [6.45, 7) is 3.02. The number of amides is 2. The number of rotatable bonds is 7. The van der Waals surface area contributed by atoms with Gasteiger partial charge in [0.05, 0.1) is 11.6 Å². The monoisotopic (exact) mass is 271 g/mol. The predicted octanol–water partition coefficient (Wildman–Crippen LogP) is 1.41. The number of nitrogens with one attached hydrogen (secondary N) is 1. The lowest BCUT2D eigenvalue weighted by Gasteiger charge is -2.16. The second-order valence-electron chi connectivity index (χ2n) is 4.22. The van der Waals surface area contributed by atoms with Crippen molar-refractivity contribution in [3.8, 4) is 0 Å². The highest BCUT2D eigenvalue weighted by atomic mass is 32.1. The van der Waals surface area contributed by atoms with Crippen LogP contribution in [0.15, 0.2) is 5.38 Å². The fourth-order valence-corrected chi connectivity index (χ4v) is 2.32. The van der Waals surface area contributed by atoms with Crippen molar-refractivity contribution in [1.29, 1.82) is 0 Å². The topological polar surface area (TPSA) is 65.5 Å². The first-order valence-electron chi connectivity index (χ1n) is 6.14. The van der Waals surface area contributed by atoms with E-state index in [1.807, 2.05) is 6.92 Å². The second-order valence-corrected chi connectivity index (χ2v) is 5.16. The predicted molar refractivity (Wildman–Crippen MR) is 72.9 cm³/mol. The van der Waals surface area contributed by atoms with E-state index in [0.717, 1.165) is 30.0 Å². The molecule has 2 amide bonds. The van der Waals surface area contributed by atoms with Crippen molar-refractivity contribution < 1.29 is 9.90 Å². The molecule has 5 nitrogen and oxygen atoms in total. The molecule has 2 N–H and O–H groups in total. The third-order valence-electron chi connectivity index (χ3n) is 2.54. The standard InChI is InChI=1S/C12H21N3O2S/c1-10-9-18-11(14-10)5-3-4-6-13-12(17)15(2)7-8-16/h9,16H,3-8H2,1-2H3,(H,13,17). The van der Waals surface area contributed by atoms with Gasteiger partial charge in [-0.3, -0.25) is 0 Å². The highest BCUT2D eigenvalue weighted by Gasteiger charge is 2.06. The highest BCUT2D eigenvalue weighted by molar-refractivity contribution is 7.09. The van der Waals surface area contributed by atoms with E-state index in [2.05, 4.69) is 15.7 Å². The summed E-state index contributed by atoms with van der Waals surface area (Å²) >= 11 is 1.69. The van der Waals surface area contributed by atoms with E-state index >= 15 is 0 Å². The second kappa shape index (κ2) is 8.05. The van der Waals surface area contributed by atoms with Crippen LogP contribution in [0.4, 0.5) is 4.79 Å². The molecule has 0 aliphatic carbocycles. The molecule has 1 rings (SSSR count). The molecule has 102 valence electrons. The number of carbonyl (C=O) groups excluding carboxylic acids is 1. The van der Waals surface area contributed by atoms with Crippen molar-refractivity contribution in [2.45, 2.75) is 26.2 Å². The number of aliphatic hydroxyl groups excluding tert-OH is 1. The Bertz CT molecular complexity index is 368. The minimum absolute atomic E-state index is 0.00663. The van der Waals surface area contributed by atoms with Gasteiger partial charge < -0.3 is 15.3 Å². The number of hydrogen-bond acceptors (Lipinski definition) is 4. The van der Waals surface area contributed by atoms with Crippen molar-refractivity contribution in [2.24, 2.45) is 0 Å². The van der Waals surface area contributed by atoms with Gasteiger partial charge in [0, 0.05) is 31.2 Å². The molecule has 1 heterocycles. The number of unbranched alkanes of at least 4 members (excludes halogenated alkanes) is 1. The summed E-state index contributed by atoms with van der Waals surface area (Å²) in [6, 6.07) is -0.130.